The molecular formula is C30H25FN4O9. The Labute approximate surface area is 248 Å². The van der Waals surface area contributed by atoms with E-state index in [0.29, 0.717) is 5.69 Å². The first-order chi connectivity index (χ1) is 21.2. The molecule has 13 nitrogen and oxygen atoms in total. The number of morpholine rings is 1. The second-order valence-corrected chi connectivity index (χ2v) is 9.55. The summed E-state index contributed by atoms with van der Waals surface area (Å²) in [6.07, 6.45) is -3.29. The summed E-state index contributed by atoms with van der Waals surface area (Å²) in [5, 5.41) is 5.84. The topological polar surface area (TPSA) is 170 Å². The van der Waals surface area contributed by atoms with E-state index in [1.165, 1.54) is 23.1 Å². The normalized spacial score (nSPS) is 15.4. The molecule has 2 unspecified atom stereocenters. The van der Waals surface area contributed by atoms with Crippen LogP contribution >= 0.6 is 0 Å². The molecular weight excluding hydrogens is 579 g/mol. The molecule has 2 amide bonds. The van der Waals surface area contributed by atoms with Gasteiger partial charge in [-0.3, -0.25) is 23.9 Å². The lowest BCUT2D eigenvalue weighted by atomic mass is 10.1. The zero-order valence-corrected chi connectivity index (χ0v) is 23.2. The molecule has 0 aliphatic carbocycles. The summed E-state index contributed by atoms with van der Waals surface area (Å²) in [6, 6.07) is 18.8. The van der Waals surface area contributed by atoms with Gasteiger partial charge in [0.05, 0.1) is 17.7 Å². The standard InChI is InChI=1S/C30H25FN4O9/c1-17(36)43-24(27(37)32-20-10-11-22(23(31)15-20)26-33-30(40)44-34-26)25-28(38)35(12-13-41-25)21-9-5-8-19(14-21)29(39)42-16-18-6-3-2-4-7-18/h2-11,14-15,24-25H,12-13,16H2,1H3,(H,32,37)(H,33,34,40). The average molecular weight is 605 g/mol. The van der Waals surface area contributed by atoms with Gasteiger partial charge in [-0.15, -0.1) is 0 Å². The number of carbonyl (C=O) groups is 4. The van der Waals surface area contributed by atoms with Gasteiger partial charge in [-0.1, -0.05) is 41.6 Å². The molecule has 0 saturated carbocycles. The number of nitrogens with zero attached hydrogens (tertiary/aromatic N) is 2. The predicted octanol–water partition coefficient (Wildman–Crippen LogP) is 2.83. The van der Waals surface area contributed by atoms with Crippen molar-refractivity contribution in [3.63, 3.8) is 0 Å². The molecule has 0 bridgehead atoms. The van der Waals surface area contributed by atoms with E-state index in [2.05, 4.69) is 20.0 Å². The minimum Gasteiger partial charge on any atom is -0.457 e. The highest BCUT2D eigenvalue weighted by Gasteiger charge is 2.42. The Hall–Kier alpha value is -5.63. The molecule has 14 heteroatoms. The third kappa shape index (κ3) is 6.87. The van der Waals surface area contributed by atoms with E-state index < -0.39 is 47.5 Å². The van der Waals surface area contributed by atoms with Crippen LogP contribution in [-0.4, -0.2) is 59.3 Å². The van der Waals surface area contributed by atoms with Crippen molar-refractivity contribution in [3.05, 3.63) is 100 Å². The van der Waals surface area contributed by atoms with E-state index in [4.69, 9.17) is 14.2 Å². The molecule has 1 aromatic heterocycles. The second kappa shape index (κ2) is 13.1. The van der Waals surface area contributed by atoms with Crippen LogP contribution in [0.1, 0.15) is 22.8 Å². The summed E-state index contributed by atoms with van der Waals surface area (Å²) in [7, 11) is 0. The van der Waals surface area contributed by atoms with Crippen LogP contribution < -0.4 is 16.0 Å². The van der Waals surface area contributed by atoms with Crippen LogP contribution in [-0.2, 0) is 35.2 Å². The van der Waals surface area contributed by atoms with Crippen LogP contribution in [0.4, 0.5) is 15.8 Å². The fraction of sp³-hybridized carbons (Fsp3) is 0.200. The third-order valence-corrected chi connectivity index (χ3v) is 6.49. The van der Waals surface area contributed by atoms with Crippen molar-refractivity contribution in [1.82, 2.24) is 10.1 Å². The molecule has 1 fully saturated rings. The Morgan fingerprint density at radius 3 is 2.59 bits per heavy atom. The maximum atomic E-state index is 14.7. The SMILES string of the molecule is CC(=O)OC(C(=O)Nc1ccc(-c2noc(=O)[nH]2)c(F)c1)C1OCCN(c2cccc(C(=O)OCc3ccccc3)c2)C1=O. The van der Waals surface area contributed by atoms with Gasteiger partial charge in [-0.2, -0.15) is 0 Å². The maximum absolute atomic E-state index is 14.7. The Morgan fingerprint density at radius 1 is 1.09 bits per heavy atom. The number of aromatic amines is 1. The number of halogens is 1. The smallest absolute Gasteiger partial charge is 0.439 e. The van der Waals surface area contributed by atoms with Crippen molar-refractivity contribution >= 4 is 35.1 Å². The fourth-order valence-electron chi connectivity index (χ4n) is 4.46. The number of anilines is 2. The van der Waals surface area contributed by atoms with Crippen LogP contribution in [0.5, 0.6) is 0 Å². The van der Waals surface area contributed by atoms with Gasteiger partial charge in [0.25, 0.3) is 11.8 Å². The highest BCUT2D eigenvalue weighted by molar-refractivity contribution is 6.05. The van der Waals surface area contributed by atoms with E-state index >= 15 is 0 Å². The number of nitrogens with one attached hydrogen (secondary N) is 2. The van der Waals surface area contributed by atoms with Crippen LogP contribution in [0.2, 0.25) is 0 Å². The van der Waals surface area contributed by atoms with Gasteiger partial charge in [0.1, 0.15) is 12.4 Å². The largest absolute Gasteiger partial charge is 0.457 e. The van der Waals surface area contributed by atoms with Crippen molar-refractivity contribution in [2.45, 2.75) is 25.7 Å². The molecule has 0 spiro atoms. The van der Waals surface area contributed by atoms with Crippen LogP contribution in [0.25, 0.3) is 11.4 Å². The van der Waals surface area contributed by atoms with Crippen LogP contribution in [0.15, 0.2) is 82.1 Å². The molecule has 1 aliphatic heterocycles. The molecule has 1 aliphatic rings. The highest BCUT2D eigenvalue weighted by Crippen LogP contribution is 2.25. The summed E-state index contributed by atoms with van der Waals surface area (Å²) in [6.45, 7) is 1.18. The zero-order chi connectivity index (χ0) is 31.2. The number of esters is 2. The number of aromatic nitrogens is 2. The molecule has 1 saturated heterocycles. The molecule has 2 heterocycles. The molecule has 3 aromatic carbocycles. The summed E-state index contributed by atoms with van der Waals surface area (Å²) >= 11 is 0. The average Bonchev–Trinajstić information content (AvgIpc) is 3.45. The number of carbonyl (C=O) groups excluding carboxylic acids is 4. The van der Waals surface area contributed by atoms with E-state index in [0.717, 1.165) is 18.6 Å². The number of benzene rings is 3. The van der Waals surface area contributed by atoms with E-state index in [-0.39, 0.29) is 42.4 Å². The van der Waals surface area contributed by atoms with Crippen molar-refractivity contribution < 1.29 is 42.3 Å². The van der Waals surface area contributed by atoms with Gasteiger partial charge in [0.15, 0.2) is 11.9 Å². The lowest BCUT2D eigenvalue weighted by Gasteiger charge is -2.35. The van der Waals surface area contributed by atoms with E-state index in [1.54, 1.807) is 18.2 Å². The third-order valence-electron chi connectivity index (χ3n) is 6.49. The second-order valence-electron chi connectivity index (χ2n) is 9.55. The number of ether oxygens (including phenoxy) is 3. The number of hydrogen-bond donors (Lipinski definition) is 2. The summed E-state index contributed by atoms with van der Waals surface area (Å²) in [5.41, 5.74) is 1.20. The molecule has 2 N–H and O–H groups in total. The first-order valence-corrected chi connectivity index (χ1v) is 13.3. The van der Waals surface area contributed by atoms with Crippen molar-refractivity contribution in [1.29, 1.82) is 0 Å². The number of rotatable bonds is 9. The number of H-pyrrole nitrogens is 1. The van der Waals surface area contributed by atoms with Gasteiger partial charge < -0.3 is 24.4 Å². The Bertz CT molecular complexity index is 1750. The van der Waals surface area contributed by atoms with Crippen molar-refractivity contribution in [2.75, 3.05) is 23.4 Å². The molecule has 5 rings (SSSR count). The first kappa shape index (κ1) is 29.8. The van der Waals surface area contributed by atoms with Gasteiger partial charge >= 0.3 is 17.7 Å². The van der Waals surface area contributed by atoms with Crippen molar-refractivity contribution in [3.8, 4) is 11.4 Å². The first-order valence-electron chi connectivity index (χ1n) is 13.3. The zero-order valence-electron chi connectivity index (χ0n) is 23.2. The molecule has 226 valence electrons. The lowest BCUT2D eigenvalue weighted by molar-refractivity contribution is -0.167. The highest BCUT2D eigenvalue weighted by atomic mass is 19.1. The monoisotopic (exact) mass is 604 g/mol. The Morgan fingerprint density at radius 2 is 1.89 bits per heavy atom. The Balaban J connectivity index is 1.31. The quantitative estimate of drug-likeness (QED) is 0.271. The van der Waals surface area contributed by atoms with Gasteiger partial charge in [-0.25, -0.2) is 14.0 Å². The van der Waals surface area contributed by atoms with E-state index in [9.17, 15) is 28.4 Å². The summed E-state index contributed by atoms with van der Waals surface area (Å²) < 4.78 is 35.3. The summed E-state index contributed by atoms with van der Waals surface area (Å²) in [4.78, 5) is 66.1. The maximum Gasteiger partial charge on any atom is 0.439 e. The van der Waals surface area contributed by atoms with Crippen LogP contribution in [0, 0.1) is 5.82 Å². The van der Waals surface area contributed by atoms with Gasteiger partial charge in [0, 0.05) is 24.8 Å². The molecule has 44 heavy (non-hydrogen) atoms. The number of hydrogen-bond acceptors (Lipinski definition) is 10. The van der Waals surface area contributed by atoms with Gasteiger partial charge in [0.2, 0.25) is 6.10 Å². The van der Waals surface area contributed by atoms with E-state index in [1.807, 2.05) is 30.3 Å². The van der Waals surface area contributed by atoms with Crippen LogP contribution in [0.3, 0.4) is 0 Å². The predicted molar refractivity (Wildman–Crippen MR) is 151 cm³/mol. The summed E-state index contributed by atoms with van der Waals surface area (Å²) in [5.74, 6) is -5.00. The number of amides is 2. The van der Waals surface area contributed by atoms with Crippen molar-refractivity contribution in [2.24, 2.45) is 0 Å². The lowest BCUT2D eigenvalue weighted by Crippen LogP contribution is -2.56. The minimum atomic E-state index is -1.74. The molecule has 2 atom stereocenters. The molecule has 0 radical (unpaired) electrons. The Kier molecular flexibility index (Phi) is 8.90. The fourth-order valence-corrected chi connectivity index (χ4v) is 4.46. The molecule has 4 aromatic rings. The van der Waals surface area contributed by atoms with Gasteiger partial charge in [-0.05, 0) is 42.0 Å². The minimum absolute atomic E-state index is 0.0244.